The van der Waals surface area contributed by atoms with Crippen molar-refractivity contribution in [2.75, 3.05) is 14.1 Å². The molecule has 1 rings (SSSR count). The van der Waals surface area contributed by atoms with Crippen LogP contribution in [-0.4, -0.2) is 47.1 Å². The monoisotopic (exact) mass is 270 g/mol. The molecule has 110 valence electrons. The maximum atomic E-state index is 12.6. The zero-order valence-electron chi connectivity index (χ0n) is 12.5. The zero-order valence-corrected chi connectivity index (χ0v) is 12.5. The van der Waals surface area contributed by atoms with E-state index in [1.807, 2.05) is 13.8 Å². The molecule has 5 heteroatoms. The maximum Gasteiger partial charge on any atom is 0.305 e. The van der Waals surface area contributed by atoms with E-state index < -0.39 is 17.0 Å². The maximum absolute atomic E-state index is 12.6. The van der Waals surface area contributed by atoms with Gasteiger partial charge in [-0.15, -0.1) is 0 Å². The Morgan fingerprint density at radius 2 is 1.79 bits per heavy atom. The summed E-state index contributed by atoms with van der Waals surface area (Å²) in [6, 6.07) is 0. The van der Waals surface area contributed by atoms with Crippen LogP contribution in [0.15, 0.2) is 0 Å². The number of aliphatic carboxylic acids is 1. The third kappa shape index (κ3) is 3.47. The van der Waals surface area contributed by atoms with E-state index >= 15 is 0 Å². The average Bonchev–Trinajstić information content (AvgIpc) is 2.37. The Bertz CT molecular complexity index is 347. The Balaban J connectivity index is 2.97. The summed E-state index contributed by atoms with van der Waals surface area (Å²) >= 11 is 0. The molecule has 0 heterocycles. The van der Waals surface area contributed by atoms with Gasteiger partial charge in [-0.25, -0.2) is 0 Å². The van der Waals surface area contributed by atoms with Crippen LogP contribution in [0, 0.1) is 0 Å². The van der Waals surface area contributed by atoms with Crippen LogP contribution in [0.3, 0.4) is 0 Å². The van der Waals surface area contributed by atoms with Crippen LogP contribution in [0.2, 0.25) is 0 Å². The van der Waals surface area contributed by atoms with Gasteiger partial charge in [-0.2, -0.15) is 0 Å². The van der Waals surface area contributed by atoms with Crippen LogP contribution < -0.4 is 5.32 Å². The Kier molecular flexibility index (Phi) is 4.96. The van der Waals surface area contributed by atoms with Crippen molar-refractivity contribution >= 4 is 11.9 Å². The highest BCUT2D eigenvalue weighted by molar-refractivity contribution is 5.86. The minimum atomic E-state index is -0.830. The van der Waals surface area contributed by atoms with Crippen molar-refractivity contribution in [2.45, 2.75) is 63.5 Å². The van der Waals surface area contributed by atoms with Crippen molar-refractivity contribution in [1.29, 1.82) is 0 Å². The van der Waals surface area contributed by atoms with E-state index in [9.17, 15) is 9.59 Å². The number of hydrogen-bond acceptors (Lipinski definition) is 3. The molecular weight excluding hydrogens is 244 g/mol. The van der Waals surface area contributed by atoms with E-state index in [1.54, 1.807) is 19.0 Å². The van der Waals surface area contributed by atoms with Crippen molar-refractivity contribution < 1.29 is 14.7 Å². The Labute approximate surface area is 115 Å². The third-order valence-corrected chi connectivity index (χ3v) is 4.44. The van der Waals surface area contributed by atoms with Crippen molar-refractivity contribution in [3.8, 4) is 0 Å². The second-order valence-corrected chi connectivity index (χ2v) is 6.09. The number of hydrogen-bond donors (Lipinski definition) is 2. The summed E-state index contributed by atoms with van der Waals surface area (Å²) in [4.78, 5) is 25.4. The molecule has 0 radical (unpaired) electrons. The van der Waals surface area contributed by atoms with Gasteiger partial charge in [-0.1, -0.05) is 19.3 Å². The van der Waals surface area contributed by atoms with Crippen LogP contribution in [-0.2, 0) is 9.59 Å². The highest BCUT2D eigenvalue weighted by atomic mass is 16.4. The molecule has 0 atom stereocenters. The van der Waals surface area contributed by atoms with Crippen molar-refractivity contribution in [2.24, 2.45) is 0 Å². The second kappa shape index (κ2) is 5.90. The SMILES string of the molecule is CNC(C)(C)C(=O)N(C)C1(CC(=O)O)CCCCC1. The lowest BCUT2D eigenvalue weighted by Crippen LogP contribution is -2.60. The van der Waals surface area contributed by atoms with E-state index in [1.165, 1.54) is 0 Å². The lowest BCUT2D eigenvalue weighted by Gasteiger charge is -2.46. The topological polar surface area (TPSA) is 69.6 Å². The van der Waals surface area contributed by atoms with Crippen LogP contribution in [0.25, 0.3) is 0 Å². The number of carbonyl (C=O) groups is 2. The molecule has 0 aromatic heterocycles. The first-order chi connectivity index (χ1) is 8.75. The number of carboxylic acids is 1. The number of likely N-dealkylation sites (N-methyl/N-ethyl adjacent to an activating group) is 2. The Hall–Kier alpha value is -1.10. The number of nitrogens with one attached hydrogen (secondary N) is 1. The molecule has 5 nitrogen and oxygen atoms in total. The highest BCUT2D eigenvalue weighted by Gasteiger charge is 2.43. The number of rotatable bonds is 5. The minimum Gasteiger partial charge on any atom is -0.481 e. The quantitative estimate of drug-likeness (QED) is 0.796. The molecule has 0 aromatic rings. The first-order valence-electron chi connectivity index (χ1n) is 6.94. The summed E-state index contributed by atoms with van der Waals surface area (Å²) in [6.45, 7) is 3.65. The summed E-state index contributed by atoms with van der Waals surface area (Å²) in [6.07, 6.45) is 4.70. The van der Waals surface area contributed by atoms with E-state index in [4.69, 9.17) is 5.11 Å². The lowest BCUT2D eigenvalue weighted by molar-refractivity contribution is -0.149. The molecular formula is C14H26N2O3. The normalized spacial score (nSPS) is 18.9. The predicted molar refractivity (Wildman–Crippen MR) is 74.0 cm³/mol. The first kappa shape index (κ1) is 16.0. The largest absolute Gasteiger partial charge is 0.481 e. The molecule has 1 aliphatic carbocycles. The van der Waals surface area contributed by atoms with Gasteiger partial charge >= 0.3 is 5.97 Å². The summed E-state index contributed by atoms with van der Waals surface area (Å²) in [7, 11) is 3.49. The number of nitrogens with zero attached hydrogens (tertiary/aromatic N) is 1. The molecule has 0 aromatic carbocycles. The molecule has 0 unspecified atom stereocenters. The molecule has 1 aliphatic rings. The third-order valence-electron chi connectivity index (χ3n) is 4.44. The number of amides is 1. The van der Waals surface area contributed by atoms with Gasteiger partial charge in [0.15, 0.2) is 0 Å². The summed E-state index contributed by atoms with van der Waals surface area (Å²) < 4.78 is 0. The fraction of sp³-hybridized carbons (Fsp3) is 0.857. The molecule has 1 fully saturated rings. The first-order valence-corrected chi connectivity index (χ1v) is 6.94. The molecule has 0 saturated heterocycles. The molecule has 19 heavy (non-hydrogen) atoms. The predicted octanol–water partition coefficient (Wildman–Crippen LogP) is 1.62. The van der Waals surface area contributed by atoms with Gasteiger partial charge in [0.1, 0.15) is 0 Å². The highest BCUT2D eigenvalue weighted by Crippen LogP contribution is 2.36. The molecule has 0 aliphatic heterocycles. The molecule has 0 bridgehead atoms. The summed E-state index contributed by atoms with van der Waals surface area (Å²) in [5, 5.41) is 12.2. The van der Waals surface area contributed by atoms with Gasteiger partial charge in [0, 0.05) is 7.05 Å². The molecule has 2 N–H and O–H groups in total. The van der Waals surface area contributed by atoms with Crippen molar-refractivity contribution in [3.63, 3.8) is 0 Å². The molecule has 1 amide bonds. The van der Waals surface area contributed by atoms with E-state index in [0.29, 0.717) is 0 Å². The summed E-state index contributed by atoms with van der Waals surface area (Å²) in [5.41, 5.74) is -1.19. The lowest BCUT2D eigenvalue weighted by atomic mass is 9.77. The molecule has 0 spiro atoms. The van der Waals surface area contributed by atoms with Gasteiger partial charge in [0.25, 0.3) is 0 Å². The van der Waals surface area contributed by atoms with E-state index in [-0.39, 0.29) is 12.3 Å². The zero-order chi connectivity index (χ0) is 14.7. The van der Waals surface area contributed by atoms with E-state index in [0.717, 1.165) is 32.1 Å². The van der Waals surface area contributed by atoms with Crippen molar-refractivity contribution in [3.05, 3.63) is 0 Å². The van der Waals surface area contributed by atoms with Crippen LogP contribution in [0.5, 0.6) is 0 Å². The average molecular weight is 270 g/mol. The van der Waals surface area contributed by atoms with Gasteiger partial charge < -0.3 is 15.3 Å². The Morgan fingerprint density at radius 3 is 2.21 bits per heavy atom. The molecule has 1 saturated carbocycles. The summed E-state index contributed by atoms with van der Waals surface area (Å²) in [5.74, 6) is -0.873. The van der Waals surface area contributed by atoms with Gasteiger partial charge in [0.05, 0.1) is 17.5 Å². The second-order valence-electron chi connectivity index (χ2n) is 6.09. The Morgan fingerprint density at radius 1 is 1.26 bits per heavy atom. The standard InChI is InChI=1S/C14H26N2O3/c1-13(2,15-3)12(19)16(4)14(10-11(17)18)8-6-5-7-9-14/h15H,5-10H2,1-4H3,(H,17,18). The fourth-order valence-corrected chi connectivity index (χ4v) is 2.86. The van der Waals surface area contributed by atoms with Gasteiger partial charge in [0.2, 0.25) is 5.91 Å². The minimum absolute atomic E-state index is 0.0367. The number of carbonyl (C=O) groups excluding carboxylic acids is 1. The smallest absolute Gasteiger partial charge is 0.305 e. The number of carboxylic acid groups (broad SMARTS) is 1. The van der Waals surface area contributed by atoms with E-state index in [2.05, 4.69) is 5.32 Å². The van der Waals surface area contributed by atoms with Crippen molar-refractivity contribution in [1.82, 2.24) is 10.2 Å². The van der Waals surface area contributed by atoms with Crippen LogP contribution in [0.1, 0.15) is 52.4 Å². The van der Waals surface area contributed by atoms with Crippen LogP contribution in [0.4, 0.5) is 0 Å². The van der Waals surface area contributed by atoms with Gasteiger partial charge in [-0.05, 0) is 33.7 Å². The van der Waals surface area contributed by atoms with Crippen LogP contribution >= 0.6 is 0 Å². The fourth-order valence-electron chi connectivity index (χ4n) is 2.86. The van der Waals surface area contributed by atoms with Gasteiger partial charge in [-0.3, -0.25) is 9.59 Å².